The normalized spacial score (nSPS) is 18.4. The number of carbonyl (C=O) groups excluding carboxylic acids is 1. The van der Waals surface area contributed by atoms with Crippen molar-refractivity contribution in [2.45, 2.75) is 39.5 Å². The van der Waals surface area contributed by atoms with Gasteiger partial charge in [-0.05, 0) is 19.8 Å². The van der Waals surface area contributed by atoms with E-state index in [0.29, 0.717) is 29.7 Å². The molecule has 7 heteroatoms. The minimum atomic E-state index is 0.0108. The zero-order chi connectivity index (χ0) is 16.4. The summed E-state index contributed by atoms with van der Waals surface area (Å²) in [4.78, 5) is 22.4. The second kappa shape index (κ2) is 6.44. The Labute approximate surface area is 135 Å². The molecule has 1 amide bonds. The topological polar surface area (TPSA) is 85.0 Å². The third-order valence-corrected chi connectivity index (χ3v) is 4.04. The lowest BCUT2D eigenvalue weighted by atomic mass is 9.97. The van der Waals surface area contributed by atoms with Crippen LogP contribution in [0.2, 0.25) is 0 Å². The van der Waals surface area contributed by atoms with Crippen LogP contribution in [0.1, 0.15) is 44.3 Å². The fraction of sp³-hybridized carbons (Fsp3) is 0.562. The first-order chi connectivity index (χ1) is 11.0. The molecule has 122 valence electrons. The van der Waals surface area contributed by atoms with Crippen LogP contribution in [-0.2, 0) is 4.79 Å². The molecule has 3 rings (SSSR count). The molecule has 0 N–H and O–H groups in total. The molecule has 7 nitrogen and oxygen atoms in total. The molecule has 1 atom stereocenters. The predicted octanol–water partition coefficient (Wildman–Crippen LogP) is 2.20. The molecule has 0 aromatic carbocycles. The molecule has 1 aliphatic rings. The maximum atomic E-state index is 12.2. The summed E-state index contributed by atoms with van der Waals surface area (Å²) in [6.07, 6.45) is 5.26. The zero-order valence-corrected chi connectivity index (χ0v) is 13.7. The summed E-state index contributed by atoms with van der Waals surface area (Å²) in [5.41, 5.74) is 0.709. The first-order valence-corrected chi connectivity index (χ1v) is 7.96. The number of carbonyl (C=O) groups is 1. The molecule has 0 aliphatic carbocycles. The highest BCUT2D eigenvalue weighted by atomic mass is 16.4. The second-order valence-corrected chi connectivity index (χ2v) is 6.24. The fourth-order valence-electron chi connectivity index (χ4n) is 2.76. The largest absolute Gasteiger partial charge is 0.420 e. The Morgan fingerprint density at radius 3 is 2.74 bits per heavy atom. The number of hydrogen-bond acceptors (Lipinski definition) is 6. The maximum Gasteiger partial charge on any atom is 0.250 e. The highest BCUT2D eigenvalue weighted by Crippen LogP contribution is 2.28. The first kappa shape index (κ1) is 15.6. The van der Waals surface area contributed by atoms with Crippen LogP contribution in [0.4, 0.5) is 0 Å². The van der Waals surface area contributed by atoms with E-state index in [1.54, 1.807) is 12.4 Å². The van der Waals surface area contributed by atoms with Crippen LogP contribution in [0, 0.1) is 12.8 Å². The molecular weight excluding hydrogens is 294 g/mol. The molecule has 0 bridgehead atoms. The van der Waals surface area contributed by atoms with Gasteiger partial charge in [0.2, 0.25) is 11.8 Å². The highest BCUT2D eigenvalue weighted by Gasteiger charge is 2.29. The van der Waals surface area contributed by atoms with Gasteiger partial charge in [0.15, 0.2) is 0 Å². The molecule has 1 saturated heterocycles. The van der Waals surface area contributed by atoms with Crippen LogP contribution in [0.15, 0.2) is 16.8 Å². The average molecular weight is 315 g/mol. The average Bonchev–Trinajstić information content (AvgIpc) is 3.05. The van der Waals surface area contributed by atoms with Crippen LogP contribution in [0.3, 0.4) is 0 Å². The second-order valence-electron chi connectivity index (χ2n) is 6.24. The molecule has 0 radical (unpaired) electrons. The Balaban J connectivity index is 1.74. The third kappa shape index (κ3) is 3.38. The summed E-state index contributed by atoms with van der Waals surface area (Å²) < 4.78 is 5.80. The van der Waals surface area contributed by atoms with Gasteiger partial charge in [-0.15, -0.1) is 10.2 Å². The Morgan fingerprint density at radius 1 is 1.30 bits per heavy atom. The van der Waals surface area contributed by atoms with Gasteiger partial charge in [-0.3, -0.25) is 4.79 Å². The molecule has 2 aromatic heterocycles. The summed E-state index contributed by atoms with van der Waals surface area (Å²) in [5, 5.41) is 8.26. The Hall–Kier alpha value is -2.31. The van der Waals surface area contributed by atoms with Crippen LogP contribution < -0.4 is 0 Å². The van der Waals surface area contributed by atoms with Crippen molar-refractivity contribution >= 4 is 5.91 Å². The smallest absolute Gasteiger partial charge is 0.250 e. The van der Waals surface area contributed by atoms with Gasteiger partial charge in [0, 0.05) is 31.4 Å². The number of amides is 1. The zero-order valence-electron chi connectivity index (χ0n) is 13.7. The van der Waals surface area contributed by atoms with E-state index in [1.165, 1.54) is 0 Å². The third-order valence-electron chi connectivity index (χ3n) is 4.04. The van der Waals surface area contributed by atoms with Gasteiger partial charge < -0.3 is 9.32 Å². The van der Waals surface area contributed by atoms with E-state index >= 15 is 0 Å². The lowest BCUT2D eigenvalue weighted by Gasteiger charge is -2.32. The number of rotatable bonds is 3. The van der Waals surface area contributed by atoms with Crippen molar-refractivity contribution in [3.05, 3.63) is 24.1 Å². The molecular formula is C16H21N5O2. The van der Waals surface area contributed by atoms with E-state index in [9.17, 15) is 4.79 Å². The lowest BCUT2D eigenvalue weighted by Crippen LogP contribution is -2.41. The SMILES string of the molecule is Cc1ncc(-c2nnc(C3CCCN(C(=O)C(C)C)C3)o2)cn1. The minimum absolute atomic E-state index is 0.0108. The number of aromatic nitrogens is 4. The van der Waals surface area contributed by atoms with E-state index in [4.69, 9.17) is 4.42 Å². The molecule has 23 heavy (non-hydrogen) atoms. The summed E-state index contributed by atoms with van der Waals surface area (Å²) in [6, 6.07) is 0. The molecule has 3 heterocycles. The summed E-state index contributed by atoms with van der Waals surface area (Å²) in [7, 11) is 0. The van der Waals surface area contributed by atoms with Gasteiger partial charge in [0.25, 0.3) is 5.89 Å². The number of piperidine rings is 1. The van der Waals surface area contributed by atoms with Gasteiger partial charge in [0.05, 0.1) is 11.5 Å². The standard InChI is InChI=1S/C16H21N5O2/c1-10(2)16(22)21-6-4-5-12(9-21)14-19-20-15(23-14)13-7-17-11(3)18-8-13/h7-8,10,12H,4-6,9H2,1-3H3. The molecule has 2 aromatic rings. The number of nitrogens with zero attached hydrogens (tertiary/aromatic N) is 5. The van der Waals surface area contributed by atoms with Crippen LogP contribution >= 0.6 is 0 Å². The highest BCUT2D eigenvalue weighted by molar-refractivity contribution is 5.78. The van der Waals surface area contributed by atoms with Gasteiger partial charge in [0.1, 0.15) is 5.82 Å². The van der Waals surface area contributed by atoms with Crippen molar-refractivity contribution in [3.63, 3.8) is 0 Å². The van der Waals surface area contributed by atoms with Gasteiger partial charge in [-0.2, -0.15) is 0 Å². The Bertz CT molecular complexity index is 680. The van der Waals surface area contributed by atoms with Crippen molar-refractivity contribution < 1.29 is 9.21 Å². The molecule has 0 saturated carbocycles. The Morgan fingerprint density at radius 2 is 2.04 bits per heavy atom. The number of likely N-dealkylation sites (tertiary alicyclic amines) is 1. The molecule has 0 spiro atoms. The quantitative estimate of drug-likeness (QED) is 0.863. The molecule has 1 fully saturated rings. The van der Waals surface area contributed by atoms with Crippen LogP contribution in [0.5, 0.6) is 0 Å². The van der Waals surface area contributed by atoms with E-state index < -0.39 is 0 Å². The molecule has 1 aliphatic heterocycles. The molecule has 1 unspecified atom stereocenters. The van der Waals surface area contributed by atoms with E-state index in [1.807, 2.05) is 25.7 Å². The maximum absolute atomic E-state index is 12.2. The summed E-state index contributed by atoms with van der Waals surface area (Å²) in [6.45, 7) is 7.12. The van der Waals surface area contributed by atoms with Crippen LogP contribution in [-0.4, -0.2) is 44.1 Å². The predicted molar refractivity (Wildman–Crippen MR) is 83.5 cm³/mol. The number of aryl methyl sites for hydroxylation is 1. The van der Waals surface area contributed by atoms with Gasteiger partial charge in [-0.25, -0.2) is 9.97 Å². The fourth-order valence-corrected chi connectivity index (χ4v) is 2.76. The Kier molecular flexibility index (Phi) is 4.36. The lowest BCUT2D eigenvalue weighted by molar-refractivity contribution is -0.135. The van der Waals surface area contributed by atoms with E-state index in [2.05, 4.69) is 20.2 Å². The minimum Gasteiger partial charge on any atom is -0.420 e. The van der Waals surface area contributed by atoms with Crippen molar-refractivity contribution in [1.29, 1.82) is 0 Å². The first-order valence-electron chi connectivity index (χ1n) is 7.96. The monoisotopic (exact) mass is 315 g/mol. The summed E-state index contributed by atoms with van der Waals surface area (Å²) >= 11 is 0. The van der Waals surface area contributed by atoms with Crippen molar-refractivity contribution in [3.8, 4) is 11.5 Å². The number of hydrogen-bond donors (Lipinski definition) is 0. The van der Waals surface area contributed by atoms with Crippen molar-refractivity contribution in [2.24, 2.45) is 5.92 Å². The van der Waals surface area contributed by atoms with Crippen molar-refractivity contribution in [1.82, 2.24) is 25.1 Å². The van der Waals surface area contributed by atoms with E-state index in [-0.39, 0.29) is 17.7 Å². The summed E-state index contributed by atoms with van der Waals surface area (Å²) in [5.74, 6) is 2.00. The van der Waals surface area contributed by atoms with Gasteiger partial charge in [-0.1, -0.05) is 13.8 Å². The van der Waals surface area contributed by atoms with Crippen molar-refractivity contribution in [2.75, 3.05) is 13.1 Å². The van der Waals surface area contributed by atoms with Crippen LogP contribution in [0.25, 0.3) is 11.5 Å². The van der Waals surface area contributed by atoms with Gasteiger partial charge >= 0.3 is 0 Å². The van der Waals surface area contributed by atoms with E-state index in [0.717, 1.165) is 19.4 Å².